The minimum absolute atomic E-state index is 0. The van der Waals surface area contributed by atoms with Crippen molar-refractivity contribution in [2.75, 3.05) is 0 Å². The molecule has 3 rings (SSSR count). The Hall–Kier alpha value is -1.88. The summed E-state index contributed by atoms with van der Waals surface area (Å²) in [4.78, 5) is 25.3. The molecule has 0 bridgehead atoms. The number of hydrogen-bond donors (Lipinski definition) is 0. The third kappa shape index (κ3) is 5.84. The Balaban J connectivity index is 0.00000320. The number of aryl methyl sites for hydroxylation is 4. The van der Waals surface area contributed by atoms with Crippen LogP contribution in [-0.4, -0.2) is 5.78 Å². The molecule has 0 aliphatic rings. The van der Waals surface area contributed by atoms with E-state index in [4.69, 9.17) is 9.05 Å². The fourth-order valence-electron chi connectivity index (χ4n) is 3.10. The van der Waals surface area contributed by atoms with Gasteiger partial charge in [-0.3, -0.25) is 4.79 Å². The van der Waals surface area contributed by atoms with Crippen molar-refractivity contribution in [3.8, 4) is 11.5 Å². The number of carbonyl (C=O) groups excluding carboxylic acids is 1. The second kappa shape index (κ2) is 9.95. The Morgan fingerprint density at radius 1 is 0.833 bits per heavy atom. The second-order valence-electron chi connectivity index (χ2n) is 7.03. The van der Waals surface area contributed by atoms with E-state index in [9.17, 15) is 14.3 Å². The number of hydrogen-bond acceptors (Lipinski definition) is 5. The quantitative estimate of drug-likeness (QED) is 0.339. The Morgan fingerprint density at radius 3 is 2.03 bits per heavy atom. The molecule has 0 fully saturated rings. The number of benzene rings is 3. The van der Waals surface area contributed by atoms with Crippen molar-refractivity contribution in [3.63, 3.8) is 0 Å². The van der Waals surface area contributed by atoms with Crippen molar-refractivity contribution in [3.05, 3.63) is 94.0 Å². The van der Waals surface area contributed by atoms with E-state index < -0.39 is 7.82 Å². The number of rotatable bonds is 6. The van der Waals surface area contributed by atoms with Crippen LogP contribution in [0, 0.1) is 27.7 Å². The predicted molar refractivity (Wildman–Crippen MR) is 111 cm³/mol. The summed E-state index contributed by atoms with van der Waals surface area (Å²) in [6.07, 6.45) is 0. The summed E-state index contributed by atoms with van der Waals surface area (Å²) >= 11 is 0. The fraction of sp³-hybridized carbons (Fsp3) is 0.174. The van der Waals surface area contributed by atoms with E-state index in [-0.39, 0.29) is 46.8 Å². The largest absolute Gasteiger partial charge is 1.00 e. The molecule has 0 aromatic heterocycles. The minimum Gasteiger partial charge on any atom is -0.736 e. The number of phosphoric acid groups is 1. The van der Waals surface area contributed by atoms with Crippen molar-refractivity contribution >= 4 is 13.6 Å². The summed E-state index contributed by atoms with van der Waals surface area (Å²) in [5.74, 6) is 0.217. The van der Waals surface area contributed by atoms with E-state index in [0.29, 0.717) is 22.3 Å². The van der Waals surface area contributed by atoms with E-state index >= 15 is 0 Å². The minimum atomic E-state index is -4.64. The third-order valence-corrected chi connectivity index (χ3v) is 5.36. The molecule has 0 saturated heterocycles. The molecule has 0 aliphatic heterocycles. The first-order valence-electron chi connectivity index (χ1n) is 9.15. The van der Waals surface area contributed by atoms with Crippen LogP contribution in [0.4, 0.5) is 0 Å². The fourth-order valence-corrected chi connectivity index (χ4v) is 4.03. The molecule has 0 N–H and O–H groups in total. The summed E-state index contributed by atoms with van der Waals surface area (Å²) in [5.41, 5.74) is 4.05. The van der Waals surface area contributed by atoms with Gasteiger partial charge in [-0.05, 0) is 74.7 Å². The van der Waals surface area contributed by atoms with Crippen molar-refractivity contribution in [1.82, 2.24) is 0 Å². The van der Waals surface area contributed by atoms with Gasteiger partial charge in [0, 0.05) is 11.1 Å². The Kier molecular flexibility index (Phi) is 8.09. The first-order valence-corrected chi connectivity index (χ1v) is 10.6. The molecule has 3 aromatic rings. The maximum absolute atomic E-state index is 13.0. The van der Waals surface area contributed by atoms with Crippen LogP contribution in [0.5, 0.6) is 11.5 Å². The zero-order valence-electron chi connectivity index (χ0n) is 17.8. The number of para-hydroxylation sites is 1. The van der Waals surface area contributed by atoms with E-state index in [0.717, 1.165) is 11.1 Å². The van der Waals surface area contributed by atoms with Crippen molar-refractivity contribution in [2.45, 2.75) is 27.7 Å². The molecule has 30 heavy (non-hydrogen) atoms. The molecule has 7 heteroatoms. The van der Waals surface area contributed by atoms with Gasteiger partial charge >= 0.3 is 37.4 Å². The van der Waals surface area contributed by atoms with Crippen LogP contribution in [0.25, 0.3) is 0 Å². The van der Waals surface area contributed by atoms with E-state index in [1.54, 1.807) is 44.2 Å². The van der Waals surface area contributed by atoms with Crippen LogP contribution < -0.4 is 43.5 Å². The first kappa shape index (κ1) is 24.4. The summed E-state index contributed by atoms with van der Waals surface area (Å²) in [6.45, 7) is 7.22. The molecule has 1 unspecified atom stereocenters. The van der Waals surface area contributed by atoms with Crippen molar-refractivity contribution < 1.29 is 52.9 Å². The molecule has 0 spiro atoms. The molecule has 5 nitrogen and oxygen atoms in total. The zero-order valence-corrected chi connectivity index (χ0v) is 20.7. The average Bonchev–Trinajstić information content (AvgIpc) is 2.66. The van der Waals surface area contributed by atoms with Crippen molar-refractivity contribution in [1.29, 1.82) is 0 Å². The van der Waals surface area contributed by atoms with Crippen LogP contribution >= 0.6 is 7.82 Å². The topological polar surface area (TPSA) is 75.7 Å². The second-order valence-corrected chi connectivity index (χ2v) is 8.29. The first-order chi connectivity index (χ1) is 13.7. The van der Waals surface area contributed by atoms with Crippen LogP contribution in [-0.2, 0) is 4.57 Å². The van der Waals surface area contributed by atoms with Gasteiger partial charge in [-0.1, -0.05) is 35.9 Å². The van der Waals surface area contributed by atoms with Gasteiger partial charge in [0.05, 0.1) is 0 Å². The Labute approximate surface area is 199 Å². The number of ketones is 1. The molecule has 0 radical (unpaired) electrons. The SMILES string of the molecule is Cc1ccc(C)c(C(=O)c2cc(C)c(OP(=O)([O-])Oc3ccccc3)c(C)c2)c1.[Na+]. The Bertz CT molecular complexity index is 1090. The smallest absolute Gasteiger partial charge is 0.736 e. The summed E-state index contributed by atoms with van der Waals surface area (Å²) in [6, 6.07) is 17.1. The third-order valence-electron chi connectivity index (χ3n) is 4.52. The molecule has 0 heterocycles. The van der Waals surface area contributed by atoms with Crippen LogP contribution in [0.3, 0.4) is 0 Å². The van der Waals surface area contributed by atoms with Crippen LogP contribution in [0.15, 0.2) is 60.7 Å². The van der Waals surface area contributed by atoms with Gasteiger partial charge < -0.3 is 13.9 Å². The molecule has 150 valence electrons. The molecule has 0 amide bonds. The van der Waals surface area contributed by atoms with Gasteiger partial charge in [0.15, 0.2) is 5.78 Å². The molecule has 3 aromatic carbocycles. The van der Waals surface area contributed by atoms with E-state index in [1.165, 1.54) is 12.1 Å². The van der Waals surface area contributed by atoms with E-state index in [2.05, 4.69) is 0 Å². The zero-order chi connectivity index (χ0) is 21.2. The number of phosphoric ester groups is 1. The van der Waals surface area contributed by atoms with Gasteiger partial charge in [0.2, 0.25) is 0 Å². The summed E-state index contributed by atoms with van der Waals surface area (Å²) < 4.78 is 22.5. The molecule has 1 atom stereocenters. The monoisotopic (exact) mass is 432 g/mol. The van der Waals surface area contributed by atoms with Gasteiger partial charge in [-0.25, -0.2) is 4.57 Å². The van der Waals surface area contributed by atoms with Crippen LogP contribution in [0.1, 0.15) is 38.2 Å². The summed E-state index contributed by atoms with van der Waals surface area (Å²) in [7, 11) is -4.64. The molecule has 0 aliphatic carbocycles. The van der Waals surface area contributed by atoms with E-state index in [1.807, 2.05) is 32.0 Å². The molecular weight excluding hydrogens is 410 g/mol. The summed E-state index contributed by atoms with van der Waals surface area (Å²) in [5, 5.41) is 0. The van der Waals surface area contributed by atoms with Gasteiger partial charge in [0.25, 0.3) is 0 Å². The van der Waals surface area contributed by atoms with Gasteiger partial charge in [-0.2, -0.15) is 0 Å². The standard InChI is InChI=1S/C23H23O5P.Na/c1-15-10-11-16(2)21(12-15)22(24)19-13-17(3)23(18(4)14-19)28-29(25,26)27-20-8-6-5-7-9-20;/h5-14H,1-4H3,(H,25,26);/q;+1/p-1. The predicted octanol–water partition coefficient (Wildman–Crippen LogP) is 2.08. The average molecular weight is 432 g/mol. The maximum Gasteiger partial charge on any atom is 1.00 e. The Morgan fingerprint density at radius 2 is 1.43 bits per heavy atom. The molecule has 0 saturated carbocycles. The van der Waals surface area contributed by atoms with Gasteiger partial charge in [0.1, 0.15) is 11.5 Å². The number of carbonyl (C=O) groups is 1. The normalized spacial score (nSPS) is 12.4. The van der Waals surface area contributed by atoms with Crippen LogP contribution in [0.2, 0.25) is 0 Å². The maximum atomic E-state index is 13.0. The van der Waals surface area contributed by atoms with Crippen molar-refractivity contribution in [2.24, 2.45) is 0 Å². The molecular formula is C23H22NaO5P. The van der Waals surface area contributed by atoms with Gasteiger partial charge in [-0.15, -0.1) is 0 Å².